The predicted octanol–water partition coefficient (Wildman–Crippen LogP) is 1.97. The number of fused-ring (bicyclic) bond motifs is 1. The van der Waals surface area contributed by atoms with E-state index in [1.54, 1.807) is 0 Å². The minimum Gasteiger partial charge on any atom is -0.508 e. The number of hydrogen-bond donors (Lipinski definition) is 3. The lowest BCUT2D eigenvalue weighted by Crippen LogP contribution is -2.35. The average molecular weight is 255 g/mol. The minimum absolute atomic E-state index is 0.0429. The van der Waals surface area contributed by atoms with Crippen LogP contribution in [0.1, 0.15) is 27.4 Å². The summed E-state index contributed by atoms with van der Waals surface area (Å²) in [5, 5.41) is 22.3. The third kappa shape index (κ3) is 1.91. The zero-order valence-corrected chi connectivity index (χ0v) is 10.1. The van der Waals surface area contributed by atoms with Gasteiger partial charge in [-0.15, -0.1) is 0 Å². The molecule has 0 aliphatic carbocycles. The van der Waals surface area contributed by atoms with Crippen molar-refractivity contribution in [2.75, 3.05) is 6.54 Å². The number of amides is 1. The highest BCUT2D eigenvalue weighted by atomic mass is 16.3. The highest BCUT2D eigenvalue weighted by molar-refractivity contribution is 5.98. The van der Waals surface area contributed by atoms with Crippen molar-refractivity contribution >= 4 is 5.91 Å². The van der Waals surface area contributed by atoms with Gasteiger partial charge < -0.3 is 15.5 Å². The molecule has 1 unspecified atom stereocenters. The number of rotatable bonds is 1. The topological polar surface area (TPSA) is 69.6 Å². The summed E-state index contributed by atoms with van der Waals surface area (Å²) in [5.41, 5.74) is 1.93. The molecular formula is C15H13NO3. The van der Waals surface area contributed by atoms with Gasteiger partial charge in [-0.25, -0.2) is 0 Å². The summed E-state index contributed by atoms with van der Waals surface area (Å²) in [4.78, 5) is 11.8. The standard InChI is InChI=1S/C15H13NO3/c17-10-6-11-14(13(18)7-10)12(8-16-15(11)19)9-4-2-1-3-5-9/h1-7,12,17-18H,8H2,(H,16,19). The molecule has 2 aromatic rings. The van der Waals surface area contributed by atoms with Crippen LogP contribution in [-0.2, 0) is 0 Å². The van der Waals surface area contributed by atoms with Crippen LogP contribution in [0.3, 0.4) is 0 Å². The van der Waals surface area contributed by atoms with Crippen LogP contribution in [0.4, 0.5) is 0 Å². The predicted molar refractivity (Wildman–Crippen MR) is 70.4 cm³/mol. The molecule has 0 spiro atoms. The maximum Gasteiger partial charge on any atom is 0.251 e. The Morgan fingerprint density at radius 3 is 2.58 bits per heavy atom. The van der Waals surface area contributed by atoms with Gasteiger partial charge in [-0.05, 0) is 11.6 Å². The number of nitrogens with one attached hydrogen (secondary N) is 1. The number of phenolic OH excluding ortho intramolecular Hbond substituents is 2. The molecule has 0 saturated heterocycles. The molecule has 4 heteroatoms. The first kappa shape index (κ1) is 11.6. The number of carbonyl (C=O) groups is 1. The average Bonchev–Trinajstić information content (AvgIpc) is 2.41. The quantitative estimate of drug-likeness (QED) is 0.729. The number of hydrogen-bond acceptors (Lipinski definition) is 3. The fourth-order valence-corrected chi connectivity index (χ4v) is 2.54. The second-order valence-electron chi connectivity index (χ2n) is 4.60. The summed E-state index contributed by atoms with van der Waals surface area (Å²) in [6.07, 6.45) is 0. The SMILES string of the molecule is O=C1NCC(c2ccccc2)c2c(O)cc(O)cc21. The third-order valence-electron chi connectivity index (χ3n) is 3.40. The van der Waals surface area contributed by atoms with Gasteiger partial charge in [0.25, 0.3) is 5.91 Å². The Morgan fingerprint density at radius 1 is 1.11 bits per heavy atom. The van der Waals surface area contributed by atoms with Crippen LogP contribution >= 0.6 is 0 Å². The highest BCUT2D eigenvalue weighted by Crippen LogP contribution is 2.38. The van der Waals surface area contributed by atoms with Crippen molar-refractivity contribution in [1.29, 1.82) is 0 Å². The Bertz CT molecular complexity index is 637. The van der Waals surface area contributed by atoms with Crippen LogP contribution in [0.25, 0.3) is 0 Å². The van der Waals surface area contributed by atoms with E-state index in [4.69, 9.17) is 0 Å². The lowest BCUT2D eigenvalue weighted by atomic mass is 9.84. The fraction of sp³-hybridized carbons (Fsp3) is 0.133. The molecular weight excluding hydrogens is 242 g/mol. The van der Waals surface area contributed by atoms with Gasteiger partial charge in [0, 0.05) is 24.1 Å². The van der Waals surface area contributed by atoms with E-state index >= 15 is 0 Å². The summed E-state index contributed by atoms with van der Waals surface area (Å²) >= 11 is 0. The Kier molecular flexibility index (Phi) is 2.63. The smallest absolute Gasteiger partial charge is 0.251 e. The highest BCUT2D eigenvalue weighted by Gasteiger charge is 2.29. The van der Waals surface area contributed by atoms with Crippen molar-refractivity contribution in [3.05, 3.63) is 59.2 Å². The molecule has 0 radical (unpaired) electrons. The van der Waals surface area contributed by atoms with Gasteiger partial charge in [0.2, 0.25) is 0 Å². The molecule has 96 valence electrons. The summed E-state index contributed by atoms with van der Waals surface area (Å²) in [5.74, 6) is -0.526. The molecule has 0 saturated carbocycles. The van der Waals surface area contributed by atoms with Gasteiger partial charge in [0.15, 0.2) is 0 Å². The van der Waals surface area contributed by atoms with Crippen molar-refractivity contribution in [2.45, 2.75) is 5.92 Å². The first-order valence-electron chi connectivity index (χ1n) is 6.06. The second kappa shape index (κ2) is 4.31. The third-order valence-corrected chi connectivity index (χ3v) is 3.40. The van der Waals surface area contributed by atoms with Gasteiger partial charge in [-0.1, -0.05) is 30.3 Å². The lowest BCUT2D eigenvalue weighted by Gasteiger charge is -2.27. The van der Waals surface area contributed by atoms with Crippen molar-refractivity contribution in [3.63, 3.8) is 0 Å². The van der Waals surface area contributed by atoms with E-state index in [-0.39, 0.29) is 23.3 Å². The monoisotopic (exact) mass is 255 g/mol. The molecule has 0 aromatic heterocycles. The largest absolute Gasteiger partial charge is 0.508 e. The first-order chi connectivity index (χ1) is 9.16. The van der Waals surface area contributed by atoms with Crippen molar-refractivity contribution in [1.82, 2.24) is 5.32 Å². The summed E-state index contributed by atoms with van der Waals surface area (Å²) in [6.45, 7) is 0.439. The van der Waals surface area contributed by atoms with Crippen molar-refractivity contribution in [2.24, 2.45) is 0 Å². The molecule has 1 aliphatic rings. The zero-order valence-electron chi connectivity index (χ0n) is 10.1. The van der Waals surface area contributed by atoms with E-state index in [0.717, 1.165) is 5.56 Å². The molecule has 1 heterocycles. The van der Waals surface area contributed by atoms with Gasteiger partial charge in [-0.3, -0.25) is 4.79 Å². The molecule has 1 amide bonds. The van der Waals surface area contributed by atoms with Crippen LogP contribution in [0, 0.1) is 0 Å². The fourth-order valence-electron chi connectivity index (χ4n) is 2.54. The Hall–Kier alpha value is -2.49. The molecule has 3 N–H and O–H groups in total. The molecule has 4 nitrogen and oxygen atoms in total. The summed E-state index contributed by atoms with van der Waals surface area (Å²) < 4.78 is 0. The van der Waals surface area contributed by atoms with Crippen LogP contribution in [-0.4, -0.2) is 22.7 Å². The van der Waals surface area contributed by atoms with E-state index in [9.17, 15) is 15.0 Å². The van der Waals surface area contributed by atoms with E-state index in [1.165, 1.54) is 12.1 Å². The van der Waals surface area contributed by atoms with E-state index in [0.29, 0.717) is 17.7 Å². The van der Waals surface area contributed by atoms with Gasteiger partial charge in [0.05, 0.1) is 5.56 Å². The Balaban J connectivity index is 2.18. The van der Waals surface area contributed by atoms with Crippen LogP contribution in [0.5, 0.6) is 11.5 Å². The van der Waals surface area contributed by atoms with Crippen LogP contribution in [0.15, 0.2) is 42.5 Å². The summed E-state index contributed by atoms with van der Waals surface area (Å²) in [6, 6.07) is 12.3. The lowest BCUT2D eigenvalue weighted by molar-refractivity contribution is 0.0941. The summed E-state index contributed by atoms with van der Waals surface area (Å²) in [7, 11) is 0. The Labute approximate surface area is 110 Å². The molecule has 0 bridgehead atoms. The van der Waals surface area contributed by atoms with Crippen molar-refractivity contribution < 1.29 is 15.0 Å². The van der Waals surface area contributed by atoms with Gasteiger partial charge in [-0.2, -0.15) is 0 Å². The van der Waals surface area contributed by atoms with Gasteiger partial charge >= 0.3 is 0 Å². The van der Waals surface area contributed by atoms with E-state index in [1.807, 2.05) is 30.3 Å². The first-order valence-corrected chi connectivity index (χ1v) is 6.06. The van der Waals surface area contributed by atoms with E-state index in [2.05, 4.69) is 5.32 Å². The molecule has 0 fully saturated rings. The van der Waals surface area contributed by atoms with Crippen molar-refractivity contribution in [3.8, 4) is 11.5 Å². The second-order valence-corrected chi connectivity index (χ2v) is 4.60. The molecule has 19 heavy (non-hydrogen) atoms. The molecule has 1 atom stereocenters. The van der Waals surface area contributed by atoms with Gasteiger partial charge in [0.1, 0.15) is 11.5 Å². The number of carbonyl (C=O) groups excluding carboxylic acids is 1. The normalized spacial score (nSPS) is 17.7. The van der Waals surface area contributed by atoms with E-state index < -0.39 is 0 Å². The number of benzene rings is 2. The number of aromatic hydroxyl groups is 2. The van der Waals surface area contributed by atoms with Crippen LogP contribution < -0.4 is 5.32 Å². The maximum absolute atomic E-state index is 11.8. The number of phenols is 2. The maximum atomic E-state index is 11.8. The molecule has 1 aliphatic heterocycles. The molecule has 3 rings (SSSR count). The Morgan fingerprint density at radius 2 is 1.84 bits per heavy atom. The molecule has 2 aromatic carbocycles. The zero-order chi connectivity index (χ0) is 13.4. The van der Waals surface area contributed by atoms with Crippen LogP contribution in [0.2, 0.25) is 0 Å². The minimum atomic E-state index is -0.270.